The third-order valence-electron chi connectivity index (χ3n) is 1.66. The van der Waals surface area contributed by atoms with E-state index in [9.17, 15) is 0 Å². The van der Waals surface area contributed by atoms with Crippen LogP contribution in [0.4, 0.5) is 0 Å². The number of unbranched alkanes of at least 4 members (excludes halogenated alkanes) is 1. The Morgan fingerprint density at radius 1 is 1.58 bits per heavy atom. The maximum absolute atomic E-state index is 7.00. The number of thiophene rings is 1. The first-order valence-corrected chi connectivity index (χ1v) is 4.75. The molecule has 0 saturated heterocycles. The van der Waals surface area contributed by atoms with Gasteiger partial charge in [-0.15, -0.1) is 5.56 Å². The van der Waals surface area contributed by atoms with Gasteiger partial charge in [0.15, 0.2) is 0 Å². The maximum Gasteiger partial charge on any atom is 1.00 e. The molecule has 0 atom stereocenters. The van der Waals surface area contributed by atoms with E-state index in [4.69, 9.17) is 6.42 Å². The van der Waals surface area contributed by atoms with Gasteiger partial charge in [-0.3, -0.25) is 5.92 Å². The number of aryl methyl sites for hydroxylation is 1. The third kappa shape index (κ3) is 3.08. The molecule has 2 heteroatoms. The van der Waals surface area contributed by atoms with Gasteiger partial charge in [0.1, 0.15) is 0 Å². The minimum Gasteiger partial charge on any atom is -0.365 e. The van der Waals surface area contributed by atoms with Crippen molar-refractivity contribution >= 4 is 11.3 Å². The summed E-state index contributed by atoms with van der Waals surface area (Å²) in [6.07, 6.45) is 10.5. The van der Waals surface area contributed by atoms with Gasteiger partial charge in [-0.05, 0) is 11.8 Å². The molecule has 0 aliphatic carbocycles. The van der Waals surface area contributed by atoms with Crippen molar-refractivity contribution < 1.29 is 18.9 Å². The van der Waals surface area contributed by atoms with E-state index in [0.29, 0.717) is 0 Å². The van der Waals surface area contributed by atoms with Gasteiger partial charge in [0.2, 0.25) is 0 Å². The molecule has 1 heterocycles. The van der Waals surface area contributed by atoms with E-state index in [1.165, 1.54) is 18.4 Å². The van der Waals surface area contributed by atoms with Crippen molar-refractivity contribution in [2.75, 3.05) is 0 Å². The second-order valence-corrected chi connectivity index (χ2v) is 3.42. The van der Waals surface area contributed by atoms with Crippen molar-refractivity contribution in [3.05, 3.63) is 28.3 Å². The predicted molar refractivity (Wildman–Crippen MR) is 49.2 cm³/mol. The van der Waals surface area contributed by atoms with Crippen LogP contribution < -0.4 is 18.9 Å². The molecule has 58 valence electrons. The molecule has 12 heavy (non-hydrogen) atoms. The topological polar surface area (TPSA) is 0 Å². The van der Waals surface area contributed by atoms with Crippen LogP contribution in [0.2, 0.25) is 0 Å². The molecule has 0 amide bonds. The molecule has 0 spiro atoms. The summed E-state index contributed by atoms with van der Waals surface area (Å²) in [4.78, 5) is 0.999. The van der Waals surface area contributed by atoms with E-state index in [0.717, 1.165) is 11.3 Å². The fourth-order valence-electron chi connectivity index (χ4n) is 1.01. The van der Waals surface area contributed by atoms with E-state index in [1.54, 1.807) is 11.3 Å². The second-order valence-electron chi connectivity index (χ2n) is 2.50. The molecule has 1 rings (SSSR count). The van der Waals surface area contributed by atoms with Gasteiger partial charge in [0.05, 0.1) is 0 Å². The third-order valence-corrected chi connectivity index (χ3v) is 2.53. The molecule has 0 aliphatic rings. The smallest absolute Gasteiger partial charge is 0.365 e. The van der Waals surface area contributed by atoms with E-state index in [2.05, 4.69) is 18.9 Å². The first-order valence-electron chi connectivity index (χ1n) is 3.87. The van der Waals surface area contributed by atoms with Gasteiger partial charge >= 0.3 is 18.9 Å². The molecular formula is C10H11LiS. The Hall–Kier alpha value is -0.143. The minimum atomic E-state index is 0. The maximum atomic E-state index is 7.00. The number of rotatable bonds is 3. The Morgan fingerprint density at radius 3 is 2.92 bits per heavy atom. The Morgan fingerprint density at radius 2 is 2.33 bits per heavy atom. The Bertz CT molecular complexity index is 257. The Balaban J connectivity index is 0.00000121. The van der Waals surface area contributed by atoms with Gasteiger partial charge in [-0.1, -0.05) is 30.7 Å². The van der Waals surface area contributed by atoms with Gasteiger partial charge in [-0.25, -0.2) is 11.3 Å². The van der Waals surface area contributed by atoms with Gasteiger partial charge in [0, 0.05) is 0 Å². The van der Waals surface area contributed by atoms with Crippen LogP contribution in [0.5, 0.6) is 0 Å². The van der Waals surface area contributed by atoms with Crippen molar-refractivity contribution in [1.29, 1.82) is 0 Å². The molecule has 0 fully saturated rings. The molecule has 0 N–H and O–H groups in total. The molecule has 0 radical (unpaired) electrons. The van der Waals surface area contributed by atoms with E-state index in [-0.39, 0.29) is 18.9 Å². The summed E-state index contributed by atoms with van der Waals surface area (Å²) >= 11 is 1.60. The monoisotopic (exact) mass is 170 g/mol. The van der Waals surface area contributed by atoms with Crippen molar-refractivity contribution in [2.45, 2.75) is 26.2 Å². The fourth-order valence-corrected chi connectivity index (χ4v) is 1.76. The van der Waals surface area contributed by atoms with Crippen LogP contribution in [0, 0.1) is 12.3 Å². The fraction of sp³-hybridized carbons (Fsp3) is 0.400. The largest absolute Gasteiger partial charge is 1.00 e. The molecule has 0 aromatic carbocycles. The van der Waals surface area contributed by atoms with E-state index in [1.807, 2.05) is 5.38 Å². The second kappa shape index (κ2) is 6.38. The zero-order chi connectivity index (χ0) is 8.10. The van der Waals surface area contributed by atoms with Crippen LogP contribution in [0.1, 0.15) is 30.2 Å². The van der Waals surface area contributed by atoms with Gasteiger partial charge in [0.25, 0.3) is 0 Å². The summed E-state index contributed by atoms with van der Waals surface area (Å²) < 4.78 is 0. The van der Waals surface area contributed by atoms with Crippen LogP contribution in [-0.2, 0) is 6.42 Å². The van der Waals surface area contributed by atoms with Crippen LogP contribution >= 0.6 is 11.3 Å². The molecule has 0 bridgehead atoms. The summed E-state index contributed by atoms with van der Waals surface area (Å²) in [5.74, 6) is 2.45. The summed E-state index contributed by atoms with van der Waals surface area (Å²) in [5, 5.41) is 2.03. The Kier molecular flexibility index (Phi) is 6.31. The average molecular weight is 170 g/mol. The standard InChI is InChI=1S/C10H11S.Li/c1-3-5-6-9-7-8-11-10(9)4-2;/h7-8H,3,5-6H2,1H3;/q-1;+1. The summed E-state index contributed by atoms with van der Waals surface area (Å²) in [6.45, 7) is 2.18. The average Bonchev–Trinajstić information content (AvgIpc) is 2.47. The molecule has 1 aromatic heterocycles. The first-order chi connectivity index (χ1) is 5.38. The van der Waals surface area contributed by atoms with E-state index >= 15 is 0 Å². The molecule has 1 aromatic rings. The van der Waals surface area contributed by atoms with Crippen LogP contribution in [0.3, 0.4) is 0 Å². The van der Waals surface area contributed by atoms with Crippen molar-refractivity contribution in [3.8, 4) is 5.92 Å². The zero-order valence-corrected chi connectivity index (χ0v) is 8.50. The normalized spacial score (nSPS) is 8.67. The zero-order valence-electron chi connectivity index (χ0n) is 7.68. The molecule has 0 aliphatic heterocycles. The van der Waals surface area contributed by atoms with Crippen LogP contribution in [-0.4, -0.2) is 0 Å². The summed E-state index contributed by atoms with van der Waals surface area (Å²) in [5.41, 5.74) is 1.28. The van der Waals surface area contributed by atoms with Crippen molar-refractivity contribution in [3.63, 3.8) is 0 Å². The molecule has 0 unspecified atom stereocenters. The van der Waals surface area contributed by atoms with Crippen molar-refractivity contribution in [1.82, 2.24) is 0 Å². The minimum absolute atomic E-state index is 0. The molecule has 0 saturated carbocycles. The SMILES string of the molecule is [C-]#Cc1sccc1CCCC.[Li+]. The first kappa shape index (κ1) is 11.9. The predicted octanol–water partition coefficient (Wildman–Crippen LogP) is 0.0326. The number of hydrogen-bond donors (Lipinski definition) is 0. The summed E-state index contributed by atoms with van der Waals surface area (Å²) in [7, 11) is 0. The Labute approximate surface area is 90.6 Å². The molecular weight excluding hydrogens is 159 g/mol. The summed E-state index contributed by atoms with van der Waals surface area (Å²) in [6, 6.07) is 2.09. The number of hydrogen-bond acceptors (Lipinski definition) is 1. The van der Waals surface area contributed by atoms with Crippen LogP contribution in [0.25, 0.3) is 0 Å². The van der Waals surface area contributed by atoms with Gasteiger partial charge in [-0.2, -0.15) is 0 Å². The quantitative estimate of drug-likeness (QED) is 0.341. The van der Waals surface area contributed by atoms with E-state index < -0.39 is 0 Å². The van der Waals surface area contributed by atoms with Gasteiger partial charge < -0.3 is 6.42 Å². The molecule has 0 nitrogen and oxygen atoms in total. The van der Waals surface area contributed by atoms with Crippen LogP contribution in [0.15, 0.2) is 11.4 Å². The van der Waals surface area contributed by atoms with Crippen molar-refractivity contribution in [2.24, 2.45) is 0 Å².